The molecule has 0 bridgehead atoms. The van der Waals surface area contributed by atoms with E-state index in [1.807, 2.05) is 32.0 Å². The molecule has 1 fully saturated rings. The highest BCUT2D eigenvalue weighted by molar-refractivity contribution is 6.31. The lowest BCUT2D eigenvalue weighted by Crippen LogP contribution is -2.45. The summed E-state index contributed by atoms with van der Waals surface area (Å²) < 4.78 is 16.6. The first-order chi connectivity index (χ1) is 15.4. The maximum absolute atomic E-state index is 13.6. The first-order valence-corrected chi connectivity index (χ1v) is 11.4. The molecular formula is C25H30ClNO5. The van der Waals surface area contributed by atoms with Gasteiger partial charge in [0.05, 0.1) is 18.1 Å². The number of hydrogen-bond donors (Lipinski definition) is 1. The number of hydrogen-bond acceptors (Lipinski definition) is 5. The Morgan fingerprint density at radius 1 is 1.16 bits per heavy atom. The van der Waals surface area contributed by atoms with Gasteiger partial charge in [-0.3, -0.25) is 4.79 Å². The van der Waals surface area contributed by atoms with Gasteiger partial charge in [-0.2, -0.15) is 0 Å². The number of anilines is 1. The molecule has 7 heteroatoms. The molecule has 0 saturated carbocycles. The molecule has 2 aromatic rings. The van der Waals surface area contributed by atoms with Crippen molar-refractivity contribution in [3.05, 3.63) is 58.6 Å². The minimum Gasteiger partial charge on any atom is -0.490 e. The van der Waals surface area contributed by atoms with Gasteiger partial charge in [0.15, 0.2) is 0 Å². The van der Waals surface area contributed by atoms with E-state index in [9.17, 15) is 9.59 Å². The van der Waals surface area contributed by atoms with Gasteiger partial charge in [0, 0.05) is 23.9 Å². The van der Waals surface area contributed by atoms with Crippen molar-refractivity contribution in [2.24, 2.45) is 0 Å². The van der Waals surface area contributed by atoms with Crippen molar-refractivity contribution in [2.45, 2.75) is 51.6 Å². The van der Waals surface area contributed by atoms with E-state index in [1.54, 1.807) is 31.2 Å². The zero-order chi connectivity index (χ0) is 23.1. The SMILES string of the molecule is CCOC(=O)c1cc(NC(=O)C2(c3ccccc3Cl)CCOCC2)ccc1O[C@H](C)CC. The summed E-state index contributed by atoms with van der Waals surface area (Å²) in [6, 6.07) is 12.4. The molecule has 3 rings (SSSR count). The molecule has 0 aromatic heterocycles. The molecule has 1 aliphatic rings. The topological polar surface area (TPSA) is 73.9 Å². The van der Waals surface area contributed by atoms with Crippen LogP contribution in [0.15, 0.2) is 42.5 Å². The third-order valence-corrected chi connectivity index (χ3v) is 6.14. The molecule has 1 amide bonds. The summed E-state index contributed by atoms with van der Waals surface area (Å²) in [6.07, 6.45) is 1.77. The van der Waals surface area contributed by atoms with Crippen LogP contribution < -0.4 is 10.1 Å². The third kappa shape index (κ3) is 5.25. The fraction of sp³-hybridized carbons (Fsp3) is 0.440. The summed E-state index contributed by atoms with van der Waals surface area (Å²) in [4.78, 5) is 26.1. The zero-order valence-electron chi connectivity index (χ0n) is 18.8. The first-order valence-electron chi connectivity index (χ1n) is 11.0. The molecule has 0 radical (unpaired) electrons. The molecule has 0 unspecified atom stereocenters. The quantitative estimate of drug-likeness (QED) is 0.536. The van der Waals surface area contributed by atoms with E-state index in [0.717, 1.165) is 12.0 Å². The van der Waals surface area contributed by atoms with Crippen LogP contribution in [0.5, 0.6) is 5.75 Å². The highest BCUT2D eigenvalue weighted by Gasteiger charge is 2.43. The van der Waals surface area contributed by atoms with Crippen molar-refractivity contribution >= 4 is 29.2 Å². The number of benzene rings is 2. The van der Waals surface area contributed by atoms with E-state index in [0.29, 0.717) is 42.5 Å². The fourth-order valence-corrected chi connectivity index (χ4v) is 4.13. The predicted molar refractivity (Wildman–Crippen MR) is 125 cm³/mol. The second-order valence-corrected chi connectivity index (χ2v) is 8.30. The maximum atomic E-state index is 13.6. The van der Waals surface area contributed by atoms with Gasteiger partial charge in [-0.05, 0) is 62.9 Å². The molecule has 1 saturated heterocycles. The van der Waals surface area contributed by atoms with Gasteiger partial charge in [0.1, 0.15) is 11.3 Å². The van der Waals surface area contributed by atoms with E-state index in [2.05, 4.69) is 5.32 Å². The Morgan fingerprint density at radius 3 is 2.53 bits per heavy atom. The second-order valence-electron chi connectivity index (χ2n) is 7.90. The first kappa shape index (κ1) is 24.1. The van der Waals surface area contributed by atoms with Crippen molar-refractivity contribution in [1.29, 1.82) is 0 Å². The summed E-state index contributed by atoms with van der Waals surface area (Å²) in [6.45, 7) is 6.86. The van der Waals surface area contributed by atoms with Crippen LogP contribution in [0.25, 0.3) is 0 Å². The third-order valence-electron chi connectivity index (χ3n) is 5.81. The molecule has 1 atom stereocenters. The van der Waals surface area contributed by atoms with Gasteiger partial charge < -0.3 is 19.5 Å². The van der Waals surface area contributed by atoms with Crippen LogP contribution in [0.2, 0.25) is 5.02 Å². The van der Waals surface area contributed by atoms with Crippen molar-refractivity contribution in [3.63, 3.8) is 0 Å². The number of rotatable bonds is 8. The van der Waals surface area contributed by atoms with E-state index in [-0.39, 0.29) is 24.2 Å². The summed E-state index contributed by atoms with van der Waals surface area (Å²) in [5.74, 6) is -0.240. The highest BCUT2D eigenvalue weighted by atomic mass is 35.5. The maximum Gasteiger partial charge on any atom is 0.341 e. The lowest BCUT2D eigenvalue weighted by atomic mass is 9.73. The van der Waals surface area contributed by atoms with E-state index >= 15 is 0 Å². The fourth-order valence-electron chi connectivity index (χ4n) is 3.82. The molecule has 0 aliphatic carbocycles. The van der Waals surface area contributed by atoms with E-state index in [1.165, 1.54) is 0 Å². The Kier molecular flexibility index (Phi) is 8.15. The molecule has 2 aromatic carbocycles. The lowest BCUT2D eigenvalue weighted by molar-refractivity contribution is -0.125. The molecule has 1 aliphatic heterocycles. The molecule has 172 valence electrons. The normalized spacial score (nSPS) is 16.1. The molecule has 0 spiro atoms. The second kappa shape index (κ2) is 10.8. The summed E-state index contributed by atoms with van der Waals surface area (Å²) >= 11 is 6.48. The average molecular weight is 460 g/mol. The van der Waals surface area contributed by atoms with Gasteiger partial charge in [-0.25, -0.2) is 4.79 Å². The van der Waals surface area contributed by atoms with Crippen LogP contribution in [0.4, 0.5) is 5.69 Å². The van der Waals surface area contributed by atoms with Crippen LogP contribution in [0, 0.1) is 0 Å². The molecular weight excluding hydrogens is 430 g/mol. The van der Waals surface area contributed by atoms with Gasteiger partial charge in [0.2, 0.25) is 5.91 Å². The number of esters is 1. The average Bonchev–Trinajstić information content (AvgIpc) is 2.80. The summed E-state index contributed by atoms with van der Waals surface area (Å²) in [7, 11) is 0. The standard InChI is InChI=1S/C25H30ClNO5/c1-4-17(3)32-22-11-10-18(16-19(22)23(28)31-5-2)27-24(29)25(12-14-30-15-13-25)20-8-6-7-9-21(20)26/h6-11,16-17H,4-5,12-15H2,1-3H3,(H,27,29)/t17-/m1/s1. The van der Waals surface area contributed by atoms with Crippen LogP contribution in [0.1, 0.15) is 56.0 Å². The monoisotopic (exact) mass is 459 g/mol. The summed E-state index contributed by atoms with van der Waals surface area (Å²) in [5, 5.41) is 3.54. The van der Waals surface area contributed by atoms with Crippen LogP contribution in [-0.2, 0) is 19.7 Å². The molecule has 1 heterocycles. The Hall–Kier alpha value is -2.57. The van der Waals surface area contributed by atoms with Gasteiger partial charge >= 0.3 is 5.97 Å². The zero-order valence-corrected chi connectivity index (χ0v) is 19.5. The predicted octanol–water partition coefficient (Wildman–Crippen LogP) is 5.38. The largest absolute Gasteiger partial charge is 0.490 e. The van der Waals surface area contributed by atoms with Gasteiger partial charge in [-0.1, -0.05) is 36.7 Å². The number of nitrogens with one attached hydrogen (secondary N) is 1. The number of halogens is 1. The van der Waals surface area contributed by atoms with Crippen molar-refractivity contribution in [1.82, 2.24) is 0 Å². The smallest absolute Gasteiger partial charge is 0.341 e. The number of amides is 1. The van der Waals surface area contributed by atoms with Crippen molar-refractivity contribution < 1.29 is 23.8 Å². The lowest BCUT2D eigenvalue weighted by Gasteiger charge is -2.36. The number of carbonyl (C=O) groups is 2. The minimum absolute atomic E-state index is 0.0608. The van der Waals surface area contributed by atoms with Crippen molar-refractivity contribution in [2.75, 3.05) is 25.1 Å². The Morgan fingerprint density at radius 2 is 1.88 bits per heavy atom. The number of carbonyl (C=O) groups excluding carboxylic acids is 2. The number of ether oxygens (including phenoxy) is 3. The Bertz CT molecular complexity index is 955. The minimum atomic E-state index is -0.813. The molecule has 32 heavy (non-hydrogen) atoms. The Labute approximate surface area is 194 Å². The summed E-state index contributed by atoms with van der Waals surface area (Å²) in [5.41, 5.74) is 0.744. The van der Waals surface area contributed by atoms with Crippen LogP contribution in [0.3, 0.4) is 0 Å². The van der Waals surface area contributed by atoms with E-state index in [4.69, 9.17) is 25.8 Å². The Balaban J connectivity index is 1.93. The van der Waals surface area contributed by atoms with Crippen LogP contribution >= 0.6 is 11.6 Å². The van der Waals surface area contributed by atoms with Gasteiger partial charge in [0.25, 0.3) is 0 Å². The highest BCUT2D eigenvalue weighted by Crippen LogP contribution is 2.40. The van der Waals surface area contributed by atoms with Gasteiger partial charge in [-0.15, -0.1) is 0 Å². The molecule has 6 nitrogen and oxygen atoms in total. The van der Waals surface area contributed by atoms with Crippen molar-refractivity contribution in [3.8, 4) is 5.75 Å². The van der Waals surface area contributed by atoms with Crippen LogP contribution in [-0.4, -0.2) is 37.8 Å². The van der Waals surface area contributed by atoms with E-state index < -0.39 is 11.4 Å². The molecule has 1 N–H and O–H groups in total.